The maximum absolute atomic E-state index is 12.5. The first-order chi connectivity index (χ1) is 15.5. The van der Waals surface area contributed by atoms with Crippen LogP contribution in [0.5, 0.6) is 0 Å². The number of rotatable bonds is 11. The second kappa shape index (κ2) is 11.3. The largest absolute Gasteiger partial charge is 0.480 e. The molecule has 2 amide bonds. The number of ether oxygens (including phenoxy) is 2. The minimum Gasteiger partial charge on any atom is -0.480 e. The van der Waals surface area contributed by atoms with Gasteiger partial charge in [-0.15, -0.1) is 0 Å². The maximum Gasteiger partial charge on any atom is 0.407 e. The number of carbonyl (C=O) groups excluding carboxylic acids is 2. The van der Waals surface area contributed by atoms with Crippen molar-refractivity contribution < 1.29 is 29.0 Å². The first kappa shape index (κ1) is 23.3. The Kier molecular flexibility index (Phi) is 8.21. The lowest BCUT2D eigenvalue weighted by atomic mass is 9.98. The van der Waals surface area contributed by atoms with E-state index in [0.29, 0.717) is 12.8 Å². The highest BCUT2D eigenvalue weighted by atomic mass is 16.5. The lowest BCUT2D eigenvalue weighted by Gasteiger charge is -2.19. The SMILES string of the molecule is CCCC(NC(=O)OCC1c2ccccc2-c2ccccc21)C(=O)NCCOCC(=O)O. The topological polar surface area (TPSA) is 114 Å². The van der Waals surface area contributed by atoms with E-state index in [4.69, 9.17) is 14.6 Å². The number of aliphatic carboxylic acids is 1. The van der Waals surface area contributed by atoms with Crippen molar-refractivity contribution in [3.63, 3.8) is 0 Å². The average molecular weight is 440 g/mol. The molecule has 3 N–H and O–H groups in total. The van der Waals surface area contributed by atoms with Gasteiger partial charge in [0.1, 0.15) is 19.3 Å². The zero-order valence-electron chi connectivity index (χ0n) is 18.0. The molecular weight excluding hydrogens is 412 g/mol. The number of carbonyl (C=O) groups is 3. The molecule has 0 bridgehead atoms. The Bertz CT molecular complexity index is 916. The molecule has 2 aromatic carbocycles. The maximum atomic E-state index is 12.5. The van der Waals surface area contributed by atoms with Gasteiger partial charge in [0.2, 0.25) is 5.91 Å². The van der Waals surface area contributed by atoms with Gasteiger partial charge in [0, 0.05) is 12.5 Å². The van der Waals surface area contributed by atoms with E-state index in [-0.39, 0.29) is 31.6 Å². The molecule has 0 fully saturated rings. The summed E-state index contributed by atoms with van der Waals surface area (Å²) in [5.41, 5.74) is 4.52. The van der Waals surface area contributed by atoms with Crippen LogP contribution in [0.15, 0.2) is 48.5 Å². The highest BCUT2D eigenvalue weighted by Gasteiger charge is 2.29. The molecule has 0 heterocycles. The Balaban J connectivity index is 1.53. The molecular formula is C24H28N2O6. The van der Waals surface area contributed by atoms with Gasteiger partial charge in [-0.3, -0.25) is 4.79 Å². The van der Waals surface area contributed by atoms with Crippen LogP contribution < -0.4 is 10.6 Å². The second-order valence-electron chi connectivity index (χ2n) is 7.55. The van der Waals surface area contributed by atoms with Crippen molar-refractivity contribution in [3.05, 3.63) is 59.7 Å². The molecule has 32 heavy (non-hydrogen) atoms. The molecule has 0 aliphatic heterocycles. The lowest BCUT2D eigenvalue weighted by Crippen LogP contribution is -2.47. The van der Waals surface area contributed by atoms with Crippen LogP contribution >= 0.6 is 0 Å². The summed E-state index contributed by atoms with van der Waals surface area (Å²) in [6, 6.07) is 15.4. The predicted molar refractivity (Wildman–Crippen MR) is 118 cm³/mol. The van der Waals surface area contributed by atoms with Crippen molar-refractivity contribution >= 4 is 18.0 Å². The summed E-state index contributed by atoms with van der Waals surface area (Å²) in [6.45, 7) is 1.88. The van der Waals surface area contributed by atoms with Crippen LogP contribution in [0.4, 0.5) is 4.79 Å². The molecule has 1 atom stereocenters. The molecule has 0 radical (unpaired) electrons. The number of benzene rings is 2. The van der Waals surface area contributed by atoms with Crippen molar-refractivity contribution in [3.8, 4) is 11.1 Å². The van der Waals surface area contributed by atoms with Gasteiger partial charge >= 0.3 is 12.1 Å². The summed E-state index contributed by atoms with van der Waals surface area (Å²) in [4.78, 5) is 35.3. The quantitative estimate of drug-likeness (QED) is 0.463. The second-order valence-corrected chi connectivity index (χ2v) is 7.55. The highest BCUT2D eigenvalue weighted by molar-refractivity contribution is 5.85. The van der Waals surface area contributed by atoms with Gasteiger partial charge in [-0.2, -0.15) is 0 Å². The molecule has 0 saturated carbocycles. The van der Waals surface area contributed by atoms with Crippen molar-refractivity contribution in [1.29, 1.82) is 0 Å². The molecule has 3 rings (SSSR count). The van der Waals surface area contributed by atoms with E-state index < -0.39 is 24.7 Å². The van der Waals surface area contributed by atoms with E-state index >= 15 is 0 Å². The standard InChI is InChI=1S/C24H28N2O6/c1-2-7-21(23(29)25-12-13-31-15-22(27)28)26-24(30)32-14-20-18-10-5-3-8-16(18)17-9-4-6-11-19(17)20/h3-6,8-11,20-21H,2,7,12-15H2,1H3,(H,25,29)(H,26,30)(H,27,28). The van der Waals surface area contributed by atoms with E-state index in [2.05, 4.69) is 22.8 Å². The smallest absolute Gasteiger partial charge is 0.407 e. The fraction of sp³-hybridized carbons (Fsp3) is 0.375. The lowest BCUT2D eigenvalue weighted by molar-refractivity contribution is -0.142. The third-order valence-corrected chi connectivity index (χ3v) is 5.30. The summed E-state index contributed by atoms with van der Waals surface area (Å²) >= 11 is 0. The molecule has 8 nitrogen and oxygen atoms in total. The molecule has 2 aromatic rings. The molecule has 8 heteroatoms. The third kappa shape index (κ3) is 5.85. The van der Waals surface area contributed by atoms with Crippen molar-refractivity contribution in [1.82, 2.24) is 10.6 Å². The average Bonchev–Trinajstić information content (AvgIpc) is 3.10. The van der Waals surface area contributed by atoms with Gasteiger partial charge in [0.05, 0.1) is 6.61 Å². The molecule has 0 saturated heterocycles. The van der Waals surface area contributed by atoms with Crippen LogP contribution in [-0.2, 0) is 19.1 Å². The molecule has 0 aromatic heterocycles. The van der Waals surface area contributed by atoms with Crippen LogP contribution in [-0.4, -0.2) is 55.5 Å². The third-order valence-electron chi connectivity index (χ3n) is 5.30. The molecule has 170 valence electrons. The Morgan fingerprint density at radius 3 is 2.25 bits per heavy atom. The van der Waals surface area contributed by atoms with Gasteiger partial charge in [0.25, 0.3) is 0 Å². The van der Waals surface area contributed by atoms with Crippen LogP contribution in [0, 0.1) is 0 Å². The number of hydrogen-bond acceptors (Lipinski definition) is 5. The fourth-order valence-electron chi connectivity index (χ4n) is 3.87. The van der Waals surface area contributed by atoms with Crippen molar-refractivity contribution in [2.45, 2.75) is 31.7 Å². The van der Waals surface area contributed by atoms with Gasteiger partial charge < -0.3 is 25.2 Å². The first-order valence-electron chi connectivity index (χ1n) is 10.7. The Morgan fingerprint density at radius 2 is 1.66 bits per heavy atom. The van der Waals surface area contributed by atoms with Gasteiger partial charge in [-0.25, -0.2) is 9.59 Å². The van der Waals surface area contributed by atoms with Crippen LogP contribution in [0.3, 0.4) is 0 Å². The van der Waals surface area contributed by atoms with E-state index in [9.17, 15) is 14.4 Å². The van der Waals surface area contributed by atoms with Crippen molar-refractivity contribution in [2.24, 2.45) is 0 Å². The van der Waals surface area contributed by atoms with Crippen LogP contribution in [0.2, 0.25) is 0 Å². The van der Waals surface area contributed by atoms with E-state index in [1.54, 1.807) is 0 Å². The van der Waals surface area contributed by atoms with E-state index in [0.717, 1.165) is 22.3 Å². The van der Waals surface area contributed by atoms with E-state index in [1.165, 1.54) is 0 Å². The normalized spacial score (nSPS) is 13.0. The highest BCUT2D eigenvalue weighted by Crippen LogP contribution is 2.44. The number of fused-ring (bicyclic) bond motifs is 3. The Hall–Kier alpha value is -3.39. The monoisotopic (exact) mass is 440 g/mol. The molecule has 1 aliphatic rings. The Labute approximate surface area is 186 Å². The van der Waals surface area contributed by atoms with Crippen LogP contribution in [0.1, 0.15) is 36.8 Å². The molecule has 0 spiro atoms. The number of carboxylic acids is 1. The van der Waals surface area contributed by atoms with Gasteiger partial charge in [-0.1, -0.05) is 61.9 Å². The first-order valence-corrected chi connectivity index (χ1v) is 10.7. The summed E-state index contributed by atoms with van der Waals surface area (Å²) in [6.07, 6.45) is 0.492. The summed E-state index contributed by atoms with van der Waals surface area (Å²) in [5, 5.41) is 13.8. The number of alkyl carbamates (subject to hydrolysis) is 1. The summed E-state index contributed by atoms with van der Waals surface area (Å²) in [5.74, 6) is -1.49. The zero-order chi connectivity index (χ0) is 22.9. The van der Waals surface area contributed by atoms with E-state index in [1.807, 2.05) is 43.3 Å². The van der Waals surface area contributed by atoms with Gasteiger partial charge in [-0.05, 0) is 28.7 Å². The predicted octanol–water partition coefficient (Wildman–Crippen LogP) is 2.91. The summed E-state index contributed by atoms with van der Waals surface area (Å²) in [7, 11) is 0. The number of carboxylic acid groups (broad SMARTS) is 1. The zero-order valence-corrected chi connectivity index (χ0v) is 18.0. The number of nitrogens with one attached hydrogen (secondary N) is 2. The minimum absolute atomic E-state index is 0.0574. The Morgan fingerprint density at radius 1 is 1.03 bits per heavy atom. The van der Waals surface area contributed by atoms with Crippen LogP contribution in [0.25, 0.3) is 11.1 Å². The minimum atomic E-state index is -1.07. The molecule has 1 unspecified atom stereocenters. The van der Waals surface area contributed by atoms with Crippen molar-refractivity contribution in [2.75, 3.05) is 26.4 Å². The number of amides is 2. The number of hydrogen-bond donors (Lipinski definition) is 3. The van der Waals surface area contributed by atoms with Gasteiger partial charge in [0.15, 0.2) is 0 Å². The molecule has 1 aliphatic carbocycles. The fourth-order valence-corrected chi connectivity index (χ4v) is 3.87. The summed E-state index contributed by atoms with van der Waals surface area (Å²) < 4.78 is 10.4.